The Kier molecular flexibility index (Phi) is 12.5. The van der Waals surface area contributed by atoms with Crippen LogP contribution in [-0.4, -0.2) is 0 Å². The van der Waals surface area contributed by atoms with Gasteiger partial charge in [-0.3, -0.25) is 0 Å². The van der Waals surface area contributed by atoms with Crippen molar-refractivity contribution in [2.75, 3.05) is 0 Å². The molecule has 3 rings (SSSR count). The normalized spacial score (nSPS) is 12.2. The molecular weight excluding hydrogens is 492 g/mol. The van der Waals surface area contributed by atoms with Crippen LogP contribution in [0.25, 0.3) is 12.2 Å². The maximum absolute atomic E-state index is 4.68. The van der Waals surface area contributed by atoms with Gasteiger partial charge in [-0.25, -0.2) is 0 Å². The van der Waals surface area contributed by atoms with Crippen molar-refractivity contribution in [3.63, 3.8) is 0 Å². The zero-order chi connectivity index (χ0) is 30.1. The number of benzene rings is 3. The highest BCUT2D eigenvalue weighted by molar-refractivity contribution is 5.84. The quantitative estimate of drug-likeness (QED) is 0.187. The van der Waals surface area contributed by atoms with Gasteiger partial charge in [0.2, 0.25) is 0 Å². The molecule has 3 aromatic rings. The van der Waals surface area contributed by atoms with Crippen LogP contribution < -0.4 is 10.4 Å². The molecule has 0 unspecified atom stereocenters. The van der Waals surface area contributed by atoms with Crippen molar-refractivity contribution in [1.29, 1.82) is 0 Å². The molecule has 0 heterocycles. The molecule has 0 bridgehead atoms. The zero-order valence-electron chi connectivity index (χ0n) is 28.1. The lowest BCUT2D eigenvalue weighted by Crippen LogP contribution is -2.26. The fourth-order valence-corrected chi connectivity index (χ4v) is 6.67. The standard InChI is InChI=1S/C41H58/c1-11-15-19-34-26-39(32(9)37(30(34)7)21-17-13-3)41(36-24-23-28(5)25-29(36)6)40-27-35(20-16-12-2)31(8)38(33(40)10)22-18-14-4/h23-27H,7,11-22H2,1-6,8-10H3/b41-39-. The van der Waals surface area contributed by atoms with E-state index in [2.05, 4.69) is 99.2 Å². The Morgan fingerprint density at radius 3 is 1.71 bits per heavy atom. The summed E-state index contributed by atoms with van der Waals surface area (Å²) in [7, 11) is 0. The third kappa shape index (κ3) is 7.63. The first-order valence-corrected chi connectivity index (χ1v) is 16.7. The van der Waals surface area contributed by atoms with Crippen LogP contribution >= 0.6 is 0 Å². The van der Waals surface area contributed by atoms with Crippen LogP contribution in [0.5, 0.6) is 0 Å². The number of aryl methyl sites for hydroxylation is 4. The van der Waals surface area contributed by atoms with E-state index in [1.54, 1.807) is 11.1 Å². The number of rotatable bonds is 14. The maximum atomic E-state index is 4.68. The molecule has 0 aliphatic heterocycles. The third-order valence-electron chi connectivity index (χ3n) is 9.39. The smallest absolute Gasteiger partial charge is 0.00305 e. The molecule has 0 aromatic heterocycles. The summed E-state index contributed by atoms with van der Waals surface area (Å²) in [5.41, 5.74) is 17.5. The van der Waals surface area contributed by atoms with E-state index in [-0.39, 0.29) is 0 Å². The van der Waals surface area contributed by atoms with E-state index in [4.69, 9.17) is 0 Å². The first-order chi connectivity index (χ1) is 19.7. The molecular formula is C41H58. The van der Waals surface area contributed by atoms with Crippen molar-refractivity contribution in [3.8, 4) is 0 Å². The number of hydrogen-bond acceptors (Lipinski definition) is 0. The molecule has 0 N–H and O–H groups in total. The van der Waals surface area contributed by atoms with Gasteiger partial charge in [-0.2, -0.15) is 0 Å². The average Bonchev–Trinajstić information content (AvgIpc) is 2.95. The Hall–Kier alpha value is -2.60. The largest absolute Gasteiger partial charge is 0.0912 e. The van der Waals surface area contributed by atoms with Gasteiger partial charge in [0, 0.05) is 0 Å². The van der Waals surface area contributed by atoms with Crippen molar-refractivity contribution in [1.82, 2.24) is 0 Å². The molecule has 0 fully saturated rings. The molecule has 0 amide bonds. The summed E-state index contributed by atoms with van der Waals surface area (Å²) >= 11 is 0. The van der Waals surface area contributed by atoms with Crippen LogP contribution in [0, 0.1) is 34.6 Å². The highest BCUT2D eigenvalue weighted by Crippen LogP contribution is 2.34. The molecule has 0 aliphatic rings. The Balaban J connectivity index is 2.58. The van der Waals surface area contributed by atoms with E-state index in [9.17, 15) is 0 Å². The molecule has 3 aromatic carbocycles. The van der Waals surface area contributed by atoms with Crippen molar-refractivity contribution in [3.05, 3.63) is 102 Å². The van der Waals surface area contributed by atoms with Gasteiger partial charge in [0.15, 0.2) is 0 Å². The van der Waals surface area contributed by atoms with Gasteiger partial charge in [-0.05, 0) is 158 Å². The summed E-state index contributed by atoms with van der Waals surface area (Å²) < 4.78 is 0. The second kappa shape index (κ2) is 15.6. The third-order valence-corrected chi connectivity index (χ3v) is 9.39. The topological polar surface area (TPSA) is 0 Å². The van der Waals surface area contributed by atoms with E-state index in [0.717, 1.165) is 19.3 Å². The van der Waals surface area contributed by atoms with Gasteiger partial charge < -0.3 is 0 Å². The van der Waals surface area contributed by atoms with Crippen LogP contribution in [0.4, 0.5) is 0 Å². The molecule has 0 atom stereocenters. The van der Waals surface area contributed by atoms with Crippen molar-refractivity contribution < 1.29 is 0 Å². The van der Waals surface area contributed by atoms with Gasteiger partial charge in [-0.15, -0.1) is 0 Å². The SMILES string of the molecule is C=c1c(CCCC)c/c(=C(\c2ccc(C)cc2C)c2cc(CCCC)c(C)c(CCCC)c2C)c(C)c1CCCC. The van der Waals surface area contributed by atoms with E-state index in [1.807, 2.05) is 0 Å². The van der Waals surface area contributed by atoms with Gasteiger partial charge in [0.25, 0.3) is 0 Å². The molecule has 0 aliphatic carbocycles. The molecule has 0 spiro atoms. The van der Waals surface area contributed by atoms with E-state index in [1.165, 1.54) is 124 Å². The van der Waals surface area contributed by atoms with Gasteiger partial charge in [-0.1, -0.05) is 95.9 Å². The predicted molar refractivity (Wildman–Crippen MR) is 184 cm³/mol. The molecule has 0 saturated heterocycles. The van der Waals surface area contributed by atoms with Crippen molar-refractivity contribution >= 4 is 12.2 Å². The highest BCUT2D eigenvalue weighted by atomic mass is 14.2. The maximum Gasteiger partial charge on any atom is -0.00305 e. The average molecular weight is 551 g/mol. The fourth-order valence-electron chi connectivity index (χ4n) is 6.67. The summed E-state index contributed by atoms with van der Waals surface area (Å²) in [4.78, 5) is 0. The summed E-state index contributed by atoms with van der Waals surface area (Å²) in [5.74, 6) is 0. The second-order valence-electron chi connectivity index (χ2n) is 12.6. The molecule has 0 saturated carbocycles. The Labute approximate surface area is 253 Å². The van der Waals surface area contributed by atoms with E-state index < -0.39 is 0 Å². The molecule has 41 heavy (non-hydrogen) atoms. The van der Waals surface area contributed by atoms with Crippen LogP contribution in [0.3, 0.4) is 0 Å². The van der Waals surface area contributed by atoms with Crippen molar-refractivity contribution in [2.24, 2.45) is 0 Å². The lowest BCUT2D eigenvalue weighted by Gasteiger charge is -2.23. The molecule has 0 nitrogen and oxygen atoms in total. The predicted octanol–water partition coefficient (Wildman–Crippen LogP) is 10.3. The van der Waals surface area contributed by atoms with Crippen LogP contribution in [0.1, 0.15) is 140 Å². The van der Waals surface area contributed by atoms with Crippen LogP contribution in [0.15, 0.2) is 30.3 Å². The van der Waals surface area contributed by atoms with Crippen LogP contribution in [-0.2, 0) is 25.7 Å². The zero-order valence-corrected chi connectivity index (χ0v) is 28.1. The second-order valence-corrected chi connectivity index (χ2v) is 12.6. The minimum atomic E-state index is 1.11. The lowest BCUT2D eigenvalue weighted by atomic mass is 9.81. The van der Waals surface area contributed by atoms with Crippen LogP contribution in [0.2, 0.25) is 0 Å². The number of hydrogen-bond donors (Lipinski definition) is 0. The summed E-state index contributed by atoms with van der Waals surface area (Å²) in [5, 5.41) is 2.72. The minimum Gasteiger partial charge on any atom is -0.0912 e. The van der Waals surface area contributed by atoms with Gasteiger partial charge in [0.05, 0.1) is 0 Å². The molecule has 222 valence electrons. The lowest BCUT2D eigenvalue weighted by molar-refractivity contribution is 0.768. The van der Waals surface area contributed by atoms with E-state index >= 15 is 0 Å². The number of unbranched alkanes of at least 4 members (excludes halogenated alkanes) is 4. The van der Waals surface area contributed by atoms with Gasteiger partial charge in [0.1, 0.15) is 0 Å². The molecule has 0 heteroatoms. The Bertz CT molecular complexity index is 1430. The minimum absolute atomic E-state index is 1.11. The molecule has 0 radical (unpaired) electrons. The van der Waals surface area contributed by atoms with Gasteiger partial charge >= 0.3 is 0 Å². The fraction of sp³-hybridized carbons (Fsp3) is 0.512. The van der Waals surface area contributed by atoms with E-state index in [0.29, 0.717) is 0 Å². The highest BCUT2D eigenvalue weighted by Gasteiger charge is 2.20. The summed E-state index contributed by atoms with van der Waals surface area (Å²) in [6.07, 6.45) is 14.3. The monoisotopic (exact) mass is 550 g/mol. The summed E-state index contributed by atoms with van der Waals surface area (Å²) in [6.45, 7) is 25.6. The summed E-state index contributed by atoms with van der Waals surface area (Å²) in [6, 6.07) is 12.2. The first-order valence-electron chi connectivity index (χ1n) is 16.7. The Morgan fingerprint density at radius 2 is 1.12 bits per heavy atom. The van der Waals surface area contributed by atoms with Crippen molar-refractivity contribution in [2.45, 2.75) is 139 Å². The first kappa shape index (κ1) is 32.9. The Morgan fingerprint density at radius 1 is 0.561 bits per heavy atom.